The Morgan fingerprint density at radius 2 is 1.35 bits per heavy atom. The maximum absolute atomic E-state index is 9.92. The van der Waals surface area contributed by atoms with Crippen LogP contribution in [0.4, 0.5) is 0 Å². The molecule has 0 radical (unpaired) electrons. The molecule has 2 aromatic carbocycles. The van der Waals surface area contributed by atoms with E-state index in [-0.39, 0.29) is 12.6 Å². The Morgan fingerprint density at radius 3 is 1.85 bits per heavy atom. The number of ether oxygens (including phenoxy) is 2. The molecule has 0 saturated heterocycles. The summed E-state index contributed by atoms with van der Waals surface area (Å²) in [5, 5.41) is 9.92. The number of rotatable bonds is 13. The number of aliphatic hydroxyl groups is 1. The van der Waals surface area contributed by atoms with Crippen LogP contribution < -0.4 is 0 Å². The van der Waals surface area contributed by atoms with Crippen LogP contribution in [0.5, 0.6) is 0 Å². The highest BCUT2D eigenvalue weighted by Crippen LogP contribution is 2.14. The first-order valence-corrected chi connectivity index (χ1v) is 9.51. The minimum atomic E-state index is -0.0801. The monoisotopic (exact) mass is 377 g/mol. The lowest BCUT2D eigenvalue weighted by Gasteiger charge is -2.30. The second-order valence-corrected chi connectivity index (χ2v) is 6.47. The van der Waals surface area contributed by atoms with Gasteiger partial charge < -0.3 is 14.6 Å². The maximum Gasteiger partial charge on any atom is 0.0701 e. The molecule has 0 amide bonds. The van der Waals surface area contributed by atoms with E-state index in [1.54, 1.807) is 0 Å². The summed E-state index contributed by atoms with van der Waals surface area (Å²) >= 11 is 5.58. The Balaban J connectivity index is 1.95. The van der Waals surface area contributed by atoms with E-state index in [4.69, 9.17) is 21.1 Å². The molecule has 4 nitrogen and oxygen atoms in total. The van der Waals surface area contributed by atoms with Crippen LogP contribution >= 0.6 is 11.6 Å². The van der Waals surface area contributed by atoms with Crippen molar-refractivity contribution in [3.05, 3.63) is 71.8 Å². The van der Waals surface area contributed by atoms with Gasteiger partial charge in [-0.2, -0.15) is 0 Å². The van der Waals surface area contributed by atoms with E-state index in [0.29, 0.717) is 32.3 Å². The maximum atomic E-state index is 9.92. The van der Waals surface area contributed by atoms with Gasteiger partial charge in [0.25, 0.3) is 0 Å². The average molecular weight is 378 g/mol. The third-order valence-corrected chi connectivity index (χ3v) is 4.24. The first-order chi connectivity index (χ1) is 12.8. The van der Waals surface area contributed by atoms with Gasteiger partial charge in [-0.3, -0.25) is 4.90 Å². The minimum absolute atomic E-state index is 0.0439. The molecule has 1 unspecified atom stereocenters. The van der Waals surface area contributed by atoms with Crippen molar-refractivity contribution >= 4 is 11.6 Å². The van der Waals surface area contributed by atoms with Gasteiger partial charge >= 0.3 is 0 Å². The smallest absolute Gasteiger partial charge is 0.0701 e. The summed E-state index contributed by atoms with van der Waals surface area (Å²) in [6.45, 7) is 3.56. The van der Waals surface area contributed by atoms with Crippen molar-refractivity contribution in [3.63, 3.8) is 0 Å². The van der Waals surface area contributed by atoms with Gasteiger partial charge in [0.1, 0.15) is 0 Å². The predicted molar refractivity (Wildman–Crippen MR) is 105 cm³/mol. The average Bonchev–Trinajstić information content (AvgIpc) is 2.69. The van der Waals surface area contributed by atoms with Crippen LogP contribution in [0.1, 0.15) is 11.1 Å². The fourth-order valence-corrected chi connectivity index (χ4v) is 2.83. The Kier molecular flexibility index (Phi) is 10.3. The Labute approximate surface area is 161 Å². The number of benzene rings is 2. The zero-order chi connectivity index (χ0) is 18.5. The van der Waals surface area contributed by atoms with Crippen LogP contribution in [-0.2, 0) is 22.6 Å². The molecular weight excluding hydrogens is 350 g/mol. The number of nitrogens with zero attached hydrogens (tertiary/aromatic N) is 1. The molecule has 0 aliphatic carbocycles. The quantitative estimate of drug-likeness (QED) is 0.429. The third-order valence-electron chi connectivity index (χ3n) is 4.09. The SMILES string of the molecule is OCC(COCCOCCCl)N(Cc1ccccc1)Cc1ccccc1. The van der Waals surface area contributed by atoms with Crippen molar-refractivity contribution in [1.29, 1.82) is 0 Å². The third kappa shape index (κ3) is 7.85. The molecule has 0 fully saturated rings. The molecule has 0 heterocycles. The molecular formula is C21H28ClNO3. The van der Waals surface area contributed by atoms with E-state index in [1.165, 1.54) is 11.1 Å². The second-order valence-electron chi connectivity index (χ2n) is 6.09. The van der Waals surface area contributed by atoms with Gasteiger partial charge in [0.05, 0.1) is 39.1 Å². The lowest BCUT2D eigenvalue weighted by atomic mass is 10.1. The topological polar surface area (TPSA) is 41.9 Å². The van der Waals surface area contributed by atoms with Crippen molar-refractivity contribution in [2.75, 3.05) is 38.9 Å². The van der Waals surface area contributed by atoms with Crippen LogP contribution in [0.15, 0.2) is 60.7 Å². The summed E-state index contributed by atoms with van der Waals surface area (Å²) < 4.78 is 11.0. The number of hydrogen-bond donors (Lipinski definition) is 1. The van der Waals surface area contributed by atoms with E-state index >= 15 is 0 Å². The summed E-state index contributed by atoms with van der Waals surface area (Å²) in [5.74, 6) is 0.487. The molecule has 0 bridgehead atoms. The minimum Gasteiger partial charge on any atom is -0.395 e. The fourth-order valence-electron chi connectivity index (χ4n) is 2.72. The van der Waals surface area contributed by atoms with Gasteiger partial charge in [0.15, 0.2) is 0 Å². The van der Waals surface area contributed by atoms with Crippen LogP contribution in [0.2, 0.25) is 0 Å². The van der Waals surface area contributed by atoms with Crippen molar-refractivity contribution in [2.45, 2.75) is 19.1 Å². The van der Waals surface area contributed by atoms with E-state index in [0.717, 1.165) is 13.1 Å². The molecule has 26 heavy (non-hydrogen) atoms. The second kappa shape index (κ2) is 12.8. The highest BCUT2D eigenvalue weighted by molar-refractivity contribution is 6.17. The van der Waals surface area contributed by atoms with Gasteiger partial charge in [0, 0.05) is 19.0 Å². The van der Waals surface area contributed by atoms with E-state index in [9.17, 15) is 5.11 Å². The molecule has 1 atom stereocenters. The summed E-state index contributed by atoms with van der Waals surface area (Å²) in [6.07, 6.45) is 0. The van der Waals surface area contributed by atoms with Crippen molar-refractivity contribution < 1.29 is 14.6 Å². The Hall–Kier alpha value is -1.43. The first kappa shape index (κ1) is 20.9. The Morgan fingerprint density at radius 1 is 0.808 bits per heavy atom. The van der Waals surface area contributed by atoms with Crippen molar-refractivity contribution in [1.82, 2.24) is 4.90 Å². The lowest BCUT2D eigenvalue weighted by Crippen LogP contribution is -2.40. The number of halogens is 1. The fraction of sp³-hybridized carbons (Fsp3) is 0.429. The van der Waals surface area contributed by atoms with E-state index < -0.39 is 0 Å². The molecule has 1 N–H and O–H groups in total. The standard InChI is InChI=1S/C21H28ClNO3/c22-11-12-25-13-14-26-18-21(17-24)23(15-19-7-3-1-4-8-19)16-20-9-5-2-6-10-20/h1-10,21,24H,11-18H2. The molecule has 0 aliphatic heterocycles. The molecule has 2 aromatic rings. The highest BCUT2D eigenvalue weighted by Gasteiger charge is 2.19. The van der Waals surface area contributed by atoms with Crippen LogP contribution in [0.25, 0.3) is 0 Å². The van der Waals surface area contributed by atoms with Gasteiger partial charge in [-0.1, -0.05) is 60.7 Å². The van der Waals surface area contributed by atoms with Gasteiger partial charge in [-0.05, 0) is 11.1 Å². The Bertz CT molecular complexity index is 541. The molecule has 0 aliphatic rings. The van der Waals surface area contributed by atoms with Crippen LogP contribution in [-0.4, -0.2) is 55.0 Å². The predicted octanol–water partition coefficient (Wildman–Crippen LogP) is 3.32. The summed E-state index contributed by atoms with van der Waals surface area (Å²) in [7, 11) is 0. The summed E-state index contributed by atoms with van der Waals surface area (Å²) in [4.78, 5) is 2.25. The molecule has 0 spiro atoms. The largest absolute Gasteiger partial charge is 0.395 e. The summed E-state index contributed by atoms with van der Waals surface area (Å²) in [6, 6.07) is 20.5. The molecule has 0 saturated carbocycles. The van der Waals surface area contributed by atoms with Gasteiger partial charge in [0.2, 0.25) is 0 Å². The van der Waals surface area contributed by atoms with Gasteiger partial charge in [-0.25, -0.2) is 0 Å². The highest BCUT2D eigenvalue weighted by atomic mass is 35.5. The number of aliphatic hydroxyl groups excluding tert-OH is 1. The summed E-state index contributed by atoms with van der Waals surface area (Å²) in [5.41, 5.74) is 2.43. The zero-order valence-electron chi connectivity index (χ0n) is 15.1. The normalized spacial score (nSPS) is 12.4. The molecule has 142 valence electrons. The first-order valence-electron chi connectivity index (χ1n) is 8.97. The molecule has 5 heteroatoms. The number of hydrogen-bond acceptors (Lipinski definition) is 4. The number of alkyl halides is 1. The van der Waals surface area contributed by atoms with E-state index in [2.05, 4.69) is 29.2 Å². The van der Waals surface area contributed by atoms with Crippen molar-refractivity contribution in [3.8, 4) is 0 Å². The molecule has 0 aromatic heterocycles. The van der Waals surface area contributed by atoms with Crippen LogP contribution in [0.3, 0.4) is 0 Å². The zero-order valence-corrected chi connectivity index (χ0v) is 15.9. The van der Waals surface area contributed by atoms with Gasteiger partial charge in [-0.15, -0.1) is 11.6 Å². The van der Waals surface area contributed by atoms with Crippen molar-refractivity contribution in [2.24, 2.45) is 0 Å². The molecule has 2 rings (SSSR count). The van der Waals surface area contributed by atoms with Crippen LogP contribution in [0, 0.1) is 0 Å². The van der Waals surface area contributed by atoms with E-state index in [1.807, 2.05) is 36.4 Å². The lowest BCUT2D eigenvalue weighted by molar-refractivity contribution is 0.000147.